The fourth-order valence-corrected chi connectivity index (χ4v) is 4.94. The number of H-pyrrole nitrogens is 1. The lowest BCUT2D eigenvalue weighted by atomic mass is 9.92. The van der Waals surface area contributed by atoms with Gasteiger partial charge in [0.2, 0.25) is 5.95 Å². The number of anilines is 2. The fraction of sp³-hybridized carbons (Fsp3) is 0.250. The van der Waals surface area contributed by atoms with Crippen LogP contribution >= 0.6 is 0 Å². The summed E-state index contributed by atoms with van der Waals surface area (Å²) in [5.41, 5.74) is 2.84. The number of benzene rings is 1. The largest absolute Gasteiger partial charge is 0.385 e. The standard InChI is InChI=1S/C28H25F2N7O2/c1-14-6-9-18(37-10-4-5-20(26(37)38)28(3,39)16-7-8-16)12-19(14)23-22-15(2)32-27(34-25(22)36-35-23)33-24-21(30)11-17(29)13-31-24/h4-6,9-13,16,39H,7-8H2,1-3H3,(H2,31,32,33,34,35,36)/t28-/m0/s1. The molecule has 0 unspecified atom stereocenters. The lowest BCUT2D eigenvalue weighted by Gasteiger charge is -2.23. The molecule has 5 aromatic rings. The number of hydrogen-bond donors (Lipinski definition) is 3. The van der Waals surface area contributed by atoms with Gasteiger partial charge in [-0.15, -0.1) is 0 Å². The van der Waals surface area contributed by atoms with Crippen LogP contribution in [0.3, 0.4) is 0 Å². The van der Waals surface area contributed by atoms with Crippen molar-refractivity contribution < 1.29 is 13.9 Å². The number of aryl methyl sites for hydroxylation is 2. The van der Waals surface area contributed by atoms with Crippen molar-refractivity contribution in [3.05, 3.63) is 87.6 Å². The van der Waals surface area contributed by atoms with Crippen LogP contribution in [0.5, 0.6) is 0 Å². The Labute approximate surface area is 221 Å². The second-order valence-electron chi connectivity index (χ2n) is 10.1. The Kier molecular flexibility index (Phi) is 5.76. The summed E-state index contributed by atoms with van der Waals surface area (Å²) in [5.74, 6) is -1.72. The van der Waals surface area contributed by atoms with Gasteiger partial charge >= 0.3 is 0 Å². The smallest absolute Gasteiger partial charge is 0.261 e. The molecule has 1 aliphatic carbocycles. The Hall–Kier alpha value is -4.51. The molecular weight excluding hydrogens is 504 g/mol. The highest BCUT2D eigenvalue weighted by Gasteiger charge is 2.43. The normalized spacial score (nSPS) is 14.9. The van der Waals surface area contributed by atoms with Gasteiger partial charge in [0.1, 0.15) is 5.82 Å². The maximum Gasteiger partial charge on any atom is 0.261 e. The topological polar surface area (TPSA) is 122 Å². The van der Waals surface area contributed by atoms with Crippen molar-refractivity contribution in [3.8, 4) is 16.9 Å². The summed E-state index contributed by atoms with van der Waals surface area (Å²) in [7, 11) is 0. The van der Waals surface area contributed by atoms with Crippen molar-refractivity contribution in [3.63, 3.8) is 0 Å². The molecule has 198 valence electrons. The molecule has 6 rings (SSSR count). The van der Waals surface area contributed by atoms with Crippen LogP contribution in [-0.4, -0.2) is 34.8 Å². The molecule has 11 heteroatoms. The molecule has 4 aromatic heterocycles. The first kappa shape index (κ1) is 24.8. The highest BCUT2D eigenvalue weighted by Crippen LogP contribution is 2.44. The quantitative estimate of drug-likeness (QED) is 0.288. The number of aromatic nitrogens is 6. The molecule has 3 N–H and O–H groups in total. The lowest BCUT2D eigenvalue weighted by molar-refractivity contribution is 0.0314. The van der Waals surface area contributed by atoms with Crippen LogP contribution in [0.25, 0.3) is 28.0 Å². The third-order valence-corrected chi connectivity index (χ3v) is 7.27. The summed E-state index contributed by atoms with van der Waals surface area (Å²) < 4.78 is 28.8. The van der Waals surface area contributed by atoms with Crippen LogP contribution < -0.4 is 10.9 Å². The van der Waals surface area contributed by atoms with Gasteiger partial charge in [-0.1, -0.05) is 6.07 Å². The first-order valence-electron chi connectivity index (χ1n) is 12.5. The number of fused-ring (bicyclic) bond motifs is 1. The Morgan fingerprint density at radius 2 is 1.95 bits per heavy atom. The van der Waals surface area contributed by atoms with Gasteiger partial charge in [0, 0.05) is 29.1 Å². The minimum atomic E-state index is -1.18. The lowest BCUT2D eigenvalue weighted by Crippen LogP contribution is -2.34. The van der Waals surface area contributed by atoms with Crippen LogP contribution in [0.15, 0.2) is 53.6 Å². The molecule has 0 amide bonds. The van der Waals surface area contributed by atoms with Gasteiger partial charge in [0.15, 0.2) is 17.3 Å². The van der Waals surface area contributed by atoms with Crippen LogP contribution in [0.2, 0.25) is 0 Å². The molecule has 0 bridgehead atoms. The number of nitrogens with zero attached hydrogens (tertiary/aromatic N) is 5. The monoisotopic (exact) mass is 529 g/mol. The third kappa shape index (κ3) is 4.34. The van der Waals surface area contributed by atoms with E-state index >= 15 is 0 Å². The molecule has 9 nitrogen and oxygen atoms in total. The minimum Gasteiger partial charge on any atom is -0.385 e. The molecule has 4 heterocycles. The summed E-state index contributed by atoms with van der Waals surface area (Å²) in [4.78, 5) is 26.0. The van der Waals surface area contributed by atoms with E-state index in [-0.39, 0.29) is 23.2 Å². The van der Waals surface area contributed by atoms with Gasteiger partial charge in [-0.05, 0) is 69.4 Å². The molecule has 1 saturated carbocycles. The van der Waals surface area contributed by atoms with Gasteiger partial charge < -0.3 is 10.4 Å². The summed E-state index contributed by atoms with van der Waals surface area (Å²) in [5, 5.41) is 21.7. The Morgan fingerprint density at radius 3 is 2.69 bits per heavy atom. The zero-order chi connectivity index (χ0) is 27.5. The van der Waals surface area contributed by atoms with E-state index in [1.807, 2.05) is 25.1 Å². The summed E-state index contributed by atoms with van der Waals surface area (Å²) in [6, 6.07) is 9.81. The first-order chi connectivity index (χ1) is 18.6. The van der Waals surface area contributed by atoms with Crippen LogP contribution in [0.4, 0.5) is 20.5 Å². The SMILES string of the molecule is Cc1ccc(-n2cccc([C@@](C)(O)C3CC3)c2=O)cc1-c1[nH]nc2nc(Nc3ncc(F)cc3F)nc(C)c12. The molecule has 1 aromatic carbocycles. The van der Waals surface area contributed by atoms with Crippen molar-refractivity contribution >= 4 is 22.8 Å². The minimum absolute atomic E-state index is 0.0626. The van der Waals surface area contributed by atoms with Crippen molar-refractivity contribution in [1.82, 2.24) is 29.7 Å². The fourth-order valence-electron chi connectivity index (χ4n) is 4.94. The van der Waals surface area contributed by atoms with Crippen LogP contribution in [0.1, 0.15) is 36.6 Å². The van der Waals surface area contributed by atoms with E-state index in [4.69, 9.17) is 0 Å². The highest BCUT2D eigenvalue weighted by atomic mass is 19.1. The van der Waals surface area contributed by atoms with Crippen molar-refractivity contribution in [1.29, 1.82) is 0 Å². The van der Waals surface area contributed by atoms with Crippen molar-refractivity contribution in [2.45, 2.75) is 39.2 Å². The molecule has 1 aliphatic rings. The predicted molar refractivity (Wildman–Crippen MR) is 142 cm³/mol. The van der Waals surface area contributed by atoms with E-state index in [2.05, 4.69) is 30.5 Å². The van der Waals surface area contributed by atoms with E-state index in [9.17, 15) is 18.7 Å². The van der Waals surface area contributed by atoms with E-state index in [1.54, 1.807) is 32.2 Å². The maximum atomic E-state index is 14.1. The van der Waals surface area contributed by atoms with Gasteiger partial charge in [-0.3, -0.25) is 14.5 Å². The molecule has 0 saturated heterocycles. The Balaban J connectivity index is 1.40. The molecule has 0 spiro atoms. The number of hydrogen-bond acceptors (Lipinski definition) is 7. The number of nitrogens with one attached hydrogen (secondary N) is 2. The zero-order valence-corrected chi connectivity index (χ0v) is 21.5. The number of halogens is 2. The molecule has 0 radical (unpaired) electrons. The molecular formula is C28H25F2N7O2. The van der Waals surface area contributed by atoms with Gasteiger partial charge in [-0.25, -0.2) is 18.7 Å². The molecule has 1 atom stereocenters. The molecule has 39 heavy (non-hydrogen) atoms. The third-order valence-electron chi connectivity index (χ3n) is 7.27. The van der Waals surface area contributed by atoms with E-state index in [0.29, 0.717) is 33.7 Å². The van der Waals surface area contributed by atoms with Gasteiger partial charge in [-0.2, -0.15) is 10.1 Å². The van der Waals surface area contributed by atoms with E-state index in [1.165, 1.54) is 4.57 Å². The van der Waals surface area contributed by atoms with E-state index < -0.39 is 17.2 Å². The summed E-state index contributed by atoms with van der Waals surface area (Å²) in [6.07, 6.45) is 4.38. The van der Waals surface area contributed by atoms with Crippen molar-refractivity contribution in [2.75, 3.05) is 5.32 Å². The number of pyridine rings is 2. The predicted octanol–water partition coefficient (Wildman–Crippen LogP) is 4.82. The second-order valence-corrected chi connectivity index (χ2v) is 10.1. The summed E-state index contributed by atoms with van der Waals surface area (Å²) in [6.45, 7) is 5.42. The summed E-state index contributed by atoms with van der Waals surface area (Å²) >= 11 is 0. The van der Waals surface area contributed by atoms with Crippen LogP contribution in [-0.2, 0) is 5.60 Å². The van der Waals surface area contributed by atoms with E-state index in [0.717, 1.165) is 36.2 Å². The Morgan fingerprint density at radius 1 is 1.15 bits per heavy atom. The zero-order valence-electron chi connectivity index (χ0n) is 21.5. The van der Waals surface area contributed by atoms with Crippen LogP contribution in [0, 0.1) is 31.4 Å². The number of rotatable bonds is 6. The number of aromatic amines is 1. The second kappa shape index (κ2) is 9.05. The molecule has 0 aliphatic heterocycles. The first-order valence-corrected chi connectivity index (χ1v) is 12.5. The van der Waals surface area contributed by atoms with Gasteiger partial charge in [0.05, 0.1) is 28.6 Å². The number of aliphatic hydroxyl groups is 1. The average Bonchev–Trinajstić information content (AvgIpc) is 3.67. The highest BCUT2D eigenvalue weighted by molar-refractivity contribution is 5.94. The van der Waals surface area contributed by atoms with Gasteiger partial charge in [0.25, 0.3) is 5.56 Å². The van der Waals surface area contributed by atoms with Crippen molar-refractivity contribution in [2.24, 2.45) is 5.92 Å². The molecule has 1 fully saturated rings. The Bertz CT molecular complexity index is 1810. The maximum absolute atomic E-state index is 14.1. The average molecular weight is 530 g/mol.